The number of hydrogen-bond donors (Lipinski definition) is 3. The van der Waals surface area contributed by atoms with Gasteiger partial charge in [0.25, 0.3) is 0 Å². The Morgan fingerprint density at radius 2 is 2.24 bits per heavy atom. The third kappa shape index (κ3) is 1.46. The van der Waals surface area contributed by atoms with Gasteiger partial charge < -0.3 is 0 Å². The van der Waals surface area contributed by atoms with Crippen LogP contribution in [0.15, 0.2) is 5.10 Å². The van der Waals surface area contributed by atoms with Gasteiger partial charge in [0.1, 0.15) is 5.71 Å². The van der Waals surface area contributed by atoms with Crippen molar-refractivity contribution < 1.29 is 9.90 Å². The van der Waals surface area contributed by atoms with Crippen molar-refractivity contribution in [2.75, 3.05) is 5.33 Å². The number of alkyl halides is 1. The molecular weight excluding hydrogens is 284 g/mol. The number of rotatable bonds is 2. The zero-order valence-corrected chi connectivity index (χ0v) is 11.7. The van der Waals surface area contributed by atoms with Crippen molar-refractivity contribution in [1.29, 1.82) is 0 Å². The molecule has 2 rings (SSSR count). The number of guanidine groups is 1. The predicted molar refractivity (Wildman–Crippen MR) is 69.5 cm³/mol. The van der Waals surface area contributed by atoms with Crippen molar-refractivity contribution in [3.05, 3.63) is 0 Å². The van der Waals surface area contributed by atoms with Crippen LogP contribution in [0.3, 0.4) is 0 Å². The second-order valence-corrected chi connectivity index (χ2v) is 5.93. The average molecular weight is 302 g/mol. The van der Waals surface area contributed by atoms with Gasteiger partial charge in [0.05, 0.1) is 0 Å². The largest absolute Gasteiger partial charge is 0.362 e. The zero-order chi connectivity index (χ0) is 12.8. The number of fused-ring (bicyclic) bond motifs is 2. The summed E-state index contributed by atoms with van der Waals surface area (Å²) in [7, 11) is 0. The molecule has 0 aromatic rings. The zero-order valence-electron chi connectivity index (χ0n) is 10.1. The van der Waals surface area contributed by atoms with Crippen LogP contribution in [0, 0.1) is 16.7 Å². The third-order valence-corrected chi connectivity index (χ3v) is 5.77. The average Bonchev–Trinajstić information content (AvgIpc) is 2.62. The van der Waals surface area contributed by atoms with Gasteiger partial charge in [-0.25, -0.2) is 0 Å². The molecule has 0 radical (unpaired) electrons. The summed E-state index contributed by atoms with van der Waals surface area (Å²) in [5, 5.41) is 7.39. The molecule has 0 aromatic heterocycles. The molecule has 0 saturated heterocycles. The molecule has 2 aliphatic carbocycles. The van der Waals surface area contributed by atoms with Crippen molar-refractivity contribution in [3.63, 3.8) is 0 Å². The Labute approximate surface area is 109 Å². The topological polar surface area (TPSA) is 95.4 Å². The summed E-state index contributed by atoms with van der Waals surface area (Å²) in [4.78, 5) is 12.4. The Bertz CT molecular complexity index is 429. The molecule has 0 aliphatic heterocycles. The first-order valence-corrected chi connectivity index (χ1v) is 6.81. The number of carbonyl (C=O) groups is 1. The Hall–Kier alpha value is -0.910. The van der Waals surface area contributed by atoms with Gasteiger partial charge in [0.2, 0.25) is 0 Å². The van der Waals surface area contributed by atoms with Gasteiger partial charge >= 0.3 is 5.96 Å². The molecule has 17 heavy (non-hydrogen) atoms. The number of halogens is 1. The lowest BCUT2D eigenvalue weighted by molar-refractivity contribution is -0.464. The SMILES string of the molecule is CC12CCC(C(=N[NH+]=C(N)N)C1=O)C2(C)CBr. The first-order chi connectivity index (χ1) is 7.87. The number of hydrazone groups is 1. The monoisotopic (exact) mass is 301 g/mol. The number of hydrogen-bond acceptors (Lipinski definition) is 2. The molecule has 6 heteroatoms. The van der Waals surface area contributed by atoms with Crippen molar-refractivity contribution in [3.8, 4) is 0 Å². The molecule has 2 aliphatic rings. The number of nitrogens with one attached hydrogen (secondary N) is 1. The van der Waals surface area contributed by atoms with E-state index in [1.54, 1.807) is 0 Å². The Morgan fingerprint density at radius 1 is 1.59 bits per heavy atom. The molecule has 0 aromatic carbocycles. The van der Waals surface area contributed by atoms with Gasteiger partial charge in [-0.2, -0.15) is 5.10 Å². The predicted octanol–water partition coefficient (Wildman–Crippen LogP) is -0.903. The fourth-order valence-electron chi connectivity index (χ4n) is 3.17. The van der Waals surface area contributed by atoms with Crippen LogP contribution in [-0.2, 0) is 4.79 Å². The van der Waals surface area contributed by atoms with Crippen LogP contribution in [0.4, 0.5) is 0 Å². The first kappa shape index (κ1) is 12.5. The first-order valence-electron chi connectivity index (χ1n) is 5.69. The van der Waals surface area contributed by atoms with Crippen molar-refractivity contribution >= 4 is 33.4 Å². The van der Waals surface area contributed by atoms with Gasteiger partial charge in [-0.1, -0.05) is 29.8 Å². The Balaban J connectivity index is 2.46. The second kappa shape index (κ2) is 3.80. The van der Waals surface area contributed by atoms with E-state index in [1.807, 2.05) is 6.92 Å². The second-order valence-electron chi connectivity index (χ2n) is 5.37. The van der Waals surface area contributed by atoms with E-state index < -0.39 is 0 Å². The molecule has 0 spiro atoms. The molecule has 94 valence electrons. The summed E-state index contributed by atoms with van der Waals surface area (Å²) in [6.07, 6.45) is 1.93. The maximum absolute atomic E-state index is 12.4. The Morgan fingerprint density at radius 3 is 2.71 bits per heavy atom. The van der Waals surface area contributed by atoms with Crippen LogP contribution in [0.1, 0.15) is 26.7 Å². The highest BCUT2D eigenvalue weighted by molar-refractivity contribution is 9.09. The fourth-order valence-corrected chi connectivity index (χ4v) is 4.18. The smallest absolute Gasteiger partial charge is 0.292 e. The number of nitrogens with zero attached hydrogens (tertiary/aromatic N) is 1. The maximum atomic E-state index is 12.4. The highest BCUT2D eigenvalue weighted by Gasteiger charge is 2.67. The van der Waals surface area contributed by atoms with Crippen LogP contribution < -0.4 is 16.6 Å². The van der Waals surface area contributed by atoms with Gasteiger partial charge in [-0.05, 0) is 18.3 Å². The van der Waals surface area contributed by atoms with Crippen LogP contribution in [0.5, 0.6) is 0 Å². The number of Topliss-reactive ketones (excluding diaryl/α,β-unsaturated/α-hetero) is 1. The third-order valence-electron chi connectivity index (χ3n) is 4.61. The molecular formula is C11H18BrN4O+. The fraction of sp³-hybridized carbons (Fsp3) is 0.727. The Kier molecular flexibility index (Phi) is 2.80. The van der Waals surface area contributed by atoms with Crippen LogP contribution in [0.25, 0.3) is 0 Å². The lowest BCUT2D eigenvalue weighted by Crippen LogP contribution is -2.73. The number of carbonyl (C=O) groups excluding carboxylic acids is 1. The summed E-state index contributed by atoms with van der Waals surface area (Å²) in [6, 6.07) is 0. The molecule has 0 heterocycles. The summed E-state index contributed by atoms with van der Waals surface area (Å²) in [6.45, 7) is 4.18. The summed E-state index contributed by atoms with van der Waals surface area (Å²) < 4.78 is 0. The van der Waals surface area contributed by atoms with Crippen molar-refractivity contribution in [2.24, 2.45) is 33.3 Å². The normalized spacial score (nSPS) is 42.2. The molecule has 2 fully saturated rings. The molecule has 5 N–H and O–H groups in total. The highest BCUT2D eigenvalue weighted by Crippen LogP contribution is 2.63. The van der Waals surface area contributed by atoms with Gasteiger partial charge in [0, 0.05) is 16.7 Å². The van der Waals surface area contributed by atoms with E-state index in [-0.39, 0.29) is 28.5 Å². The lowest BCUT2D eigenvalue weighted by atomic mass is 9.70. The van der Waals surface area contributed by atoms with Crippen LogP contribution in [0.2, 0.25) is 0 Å². The summed E-state index contributed by atoms with van der Waals surface area (Å²) in [5.41, 5.74) is 10.8. The standard InChI is InChI=1S/C11H17BrN4O/c1-10-4-3-6(11(10,2)5-12)7(8(10)17)15-16-9(13)14/h6H,3-5H2,1-2H3,(H4,13,14,16)/p+1. The van der Waals surface area contributed by atoms with E-state index in [0.717, 1.165) is 18.2 Å². The molecule has 3 unspecified atom stereocenters. The minimum Gasteiger partial charge on any atom is -0.292 e. The molecule has 0 amide bonds. The van der Waals surface area contributed by atoms with Gasteiger partial charge in [0.15, 0.2) is 5.78 Å². The molecule has 3 atom stereocenters. The van der Waals surface area contributed by atoms with E-state index in [9.17, 15) is 4.79 Å². The maximum Gasteiger partial charge on any atom is 0.362 e. The van der Waals surface area contributed by atoms with Gasteiger partial charge in [-0.15, -0.1) is 5.10 Å². The van der Waals surface area contributed by atoms with E-state index >= 15 is 0 Å². The van der Waals surface area contributed by atoms with E-state index in [0.29, 0.717) is 5.71 Å². The summed E-state index contributed by atoms with van der Waals surface area (Å²) >= 11 is 3.54. The lowest BCUT2D eigenvalue weighted by Gasteiger charge is -2.33. The minimum atomic E-state index is -0.314. The minimum absolute atomic E-state index is 0.0128. The van der Waals surface area contributed by atoms with Gasteiger partial charge in [-0.3, -0.25) is 16.3 Å². The van der Waals surface area contributed by atoms with Crippen LogP contribution in [-0.4, -0.2) is 22.8 Å². The van der Waals surface area contributed by atoms with Crippen molar-refractivity contribution in [2.45, 2.75) is 26.7 Å². The molecule has 2 bridgehead atoms. The van der Waals surface area contributed by atoms with Crippen molar-refractivity contribution in [1.82, 2.24) is 0 Å². The molecule has 2 saturated carbocycles. The number of ketones is 1. The highest BCUT2D eigenvalue weighted by atomic mass is 79.9. The molecule has 5 nitrogen and oxygen atoms in total. The van der Waals surface area contributed by atoms with E-state index in [2.05, 4.69) is 33.1 Å². The van der Waals surface area contributed by atoms with E-state index in [1.165, 1.54) is 0 Å². The number of nitrogens with two attached hydrogens (primary N) is 2. The van der Waals surface area contributed by atoms with Crippen LogP contribution >= 0.6 is 15.9 Å². The quantitative estimate of drug-likeness (QED) is 0.267. The summed E-state index contributed by atoms with van der Waals surface area (Å²) in [5.74, 6) is 0.328. The van der Waals surface area contributed by atoms with E-state index in [4.69, 9.17) is 11.5 Å².